The highest BCUT2D eigenvalue weighted by atomic mass is 127. The van der Waals surface area contributed by atoms with E-state index >= 15 is 0 Å². The Kier molecular flexibility index (Phi) is 4.29. The summed E-state index contributed by atoms with van der Waals surface area (Å²) in [5.41, 5.74) is 0. The van der Waals surface area contributed by atoms with Crippen molar-refractivity contribution in [2.75, 3.05) is 5.75 Å². The summed E-state index contributed by atoms with van der Waals surface area (Å²) >= 11 is 7.84. The summed E-state index contributed by atoms with van der Waals surface area (Å²) < 4.78 is 25.2. The third-order valence-corrected chi connectivity index (χ3v) is 6.18. The lowest BCUT2D eigenvalue weighted by atomic mass is 10.3. The van der Waals surface area contributed by atoms with Crippen molar-refractivity contribution in [1.82, 2.24) is 9.78 Å². The summed E-state index contributed by atoms with van der Waals surface area (Å²) in [6, 6.07) is 0. The van der Waals surface area contributed by atoms with Crippen LogP contribution >= 0.6 is 34.2 Å². The van der Waals surface area contributed by atoms with Crippen molar-refractivity contribution in [3.8, 4) is 0 Å². The normalized spacial score (nSPS) is 13.1. The Morgan fingerprint density at radius 3 is 2.44 bits per heavy atom. The molecule has 0 amide bonds. The van der Waals surface area contributed by atoms with Crippen LogP contribution in [0, 0.1) is 3.70 Å². The first-order chi connectivity index (χ1) is 7.13. The van der Waals surface area contributed by atoms with Gasteiger partial charge in [-0.05, 0) is 43.4 Å². The van der Waals surface area contributed by atoms with Gasteiger partial charge in [-0.2, -0.15) is 5.10 Å². The number of nitrogens with zero attached hydrogens (tertiary/aromatic N) is 2. The van der Waals surface area contributed by atoms with Crippen molar-refractivity contribution in [3.05, 3.63) is 14.9 Å². The average molecular weight is 377 g/mol. The van der Waals surface area contributed by atoms with E-state index in [9.17, 15) is 8.42 Å². The van der Waals surface area contributed by atoms with Crippen molar-refractivity contribution in [3.63, 3.8) is 0 Å². The molecule has 0 N–H and O–H groups in total. The molecule has 0 saturated heterocycles. The van der Waals surface area contributed by atoms with Gasteiger partial charge in [0.05, 0.1) is 22.1 Å². The maximum absolute atomic E-state index is 11.8. The fourth-order valence-electron chi connectivity index (χ4n) is 1.01. The molecule has 16 heavy (non-hydrogen) atoms. The van der Waals surface area contributed by atoms with Gasteiger partial charge >= 0.3 is 0 Å². The summed E-state index contributed by atoms with van der Waals surface area (Å²) in [5, 5.41) is 4.65. The van der Waals surface area contributed by atoms with Gasteiger partial charge < -0.3 is 0 Å². The van der Waals surface area contributed by atoms with E-state index in [0.717, 1.165) is 0 Å². The molecule has 0 spiro atoms. The first-order valence-corrected chi connectivity index (χ1v) is 7.85. The first-order valence-electron chi connectivity index (χ1n) is 4.74. The second kappa shape index (κ2) is 4.81. The molecule has 0 bridgehead atoms. The third-order valence-electron chi connectivity index (χ3n) is 2.20. The Morgan fingerprint density at radius 2 is 2.06 bits per heavy atom. The zero-order chi connectivity index (χ0) is 12.6. The number of halogens is 2. The molecule has 0 radical (unpaired) electrons. The first kappa shape index (κ1) is 14.2. The van der Waals surface area contributed by atoms with Gasteiger partial charge in [-0.25, -0.2) is 8.42 Å². The Labute approximate surface area is 114 Å². The third kappa shape index (κ3) is 3.33. The molecular weight excluding hydrogens is 363 g/mol. The molecule has 1 aromatic rings. The minimum atomic E-state index is -3.11. The Morgan fingerprint density at radius 1 is 1.50 bits per heavy atom. The van der Waals surface area contributed by atoms with E-state index in [0.29, 0.717) is 15.3 Å². The second-order valence-corrected chi connectivity index (χ2v) is 8.75. The van der Waals surface area contributed by atoms with Gasteiger partial charge in [0.1, 0.15) is 3.70 Å². The molecule has 1 aromatic heterocycles. The van der Waals surface area contributed by atoms with E-state index in [1.807, 2.05) is 22.6 Å². The largest absolute Gasteiger partial charge is 0.269 e. The fourth-order valence-corrected chi connectivity index (χ4v) is 2.61. The van der Waals surface area contributed by atoms with Crippen LogP contribution in [0.25, 0.3) is 0 Å². The summed E-state index contributed by atoms with van der Waals surface area (Å²) in [7, 11) is -3.11. The maximum Gasteiger partial charge on any atom is 0.157 e. The van der Waals surface area contributed by atoms with E-state index in [4.69, 9.17) is 11.6 Å². The monoisotopic (exact) mass is 376 g/mol. The molecule has 0 aliphatic heterocycles. The number of aryl methyl sites for hydroxylation is 1. The number of sulfone groups is 1. The number of hydrogen-bond donors (Lipinski definition) is 0. The number of hydrogen-bond acceptors (Lipinski definition) is 3. The topological polar surface area (TPSA) is 52.0 Å². The van der Waals surface area contributed by atoms with Crippen LogP contribution in [0.2, 0.25) is 5.02 Å². The molecule has 4 nitrogen and oxygen atoms in total. The zero-order valence-electron chi connectivity index (χ0n) is 9.37. The zero-order valence-corrected chi connectivity index (χ0v) is 13.1. The molecule has 0 atom stereocenters. The van der Waals surface area contributed by atoms with Crippen LogP contribution in [0.15, 0.2) is 6.20 Å². The molecule has 7 heteroatoms. The number of aromatic nitrogens is 2. The van der Waals surface area contributed by atoms with Crippen LogP contribution in [0.1, 0.15) is 20.8 Å². The maximum atomic E-state index is 11.8. The molecule has 0 aliphatic carbocycles. The van der Waals surface area contributed by atoms with E-state index < -0.39 is 14.6 Å². The van der Waals surface area contributed by atoms with E-state index in [1.54, 1.807) is 31.6 Å². The van der Waals surface area contributed by atoms with Gasteiger partial charge in [0.2, 0.25) is 0 Å². The standard InChI is InChI=1S/C9H14ClIN2O2S/c1-9(2,3)16(14,15)5-4-13-6-7(10)8(11)12-13/h6H,4-5H2,1-3H3. The highest BCUT2D eigenvalue weighted by molar-refractivity contribution is 14.1. The Hall–Kier alpha value is 0.180. The van der Waals surface area contributed by atoms with E-state index in [-0.39, 0.29) is 5.75 Å². The summed E-state index contributed by atoms with van der Waals surface area (Å²) in [6.45, 7) is 5.43. The molecule has 0 fully saturated rings. The smallest absolute Gasteiger partial charge is 0.157 e. The number of rotatable bonds is 3. The van der Waals surface area contributed by atoms with Crippen LogP contribution in [-0.2, 0) is 16.4 Å². The van der Waals surface area contributed by atoms with Gasteiger partial charge in [0.15, 0.2) is 9.84 Å². The van der Waals surface area contributed by atoms with Gasteiger partial charge in [0.25, 0.3) is 0 Å². The molecule has 92 valence electrons. The quantitative estimate of drug-likeness (QED) is 0.761. The van der Waals surface area contributed by atoms with Gasteiger partial charge in [0, 0.05) is 6.20 Å². The Balaban J connectivity index is 2.73. The molecular formula is C9H14ClIN2O2S. The predicted octanol–water partition coefficient (Wildman–Crippen LogP) is 2.35. The van der Waals surface area contributed by atoms with Gasteiger partial charge in [-0.1, -0.05) is 11.6 Å². The lowest BCUT2D eigenvalue weighted by Crippen LogP contribution is -2.32. The highest BCUT2D eigenvalue weighted by Crippen LogP contribution is 2.18. The van der Waals surface area contributed by atoms with Crippen molar-refractivity contribution in [1.29, 1.82) is 0 Å². The SMILES string of the molecule is CC(C)(C)S(=O)(=O)CCn1cc(Cl)c(I)n1. The predicted molar refractivity (Wildman–Crippen MR) is 73.5 cm³/mol. The lowest BCUT2D eigenvalue weighted by Gasteiger charge is -2.18. The van der Waals surface area contributed by atoms with Crippen molar-refractivity contribution in [2.45, 2.75) is 32.1 Å². The molecule has 0 saturated carbocycles. The minimum absolute atomic E-state index is 0.0740. The molecule has 0 aliphatic rings. The Bertz CT molecular complexity index is 457. The van der Waals surface area contributed by atoms with Gasteiger partial charge in [-0.3, -0.25) is 4.68 Å². The summed E-state index contributed by atoms with van der Waals surface area (Å²) in [5.74, 6) is 0.0740. The van der Waals surface area contributed by atoms with Crippen molar-refractivity contribution >= 4 is 44.0 Å². The van der Waals surface area contributed by atoms with Crippen molar-refractivity contribution < 1.29 is 8.42 Å². The van der Waals surface area contributed by atoms with Crippen molar-refractivity contribution in [2.24, 2.45) is 0 Å². The van der Waals surface area contributed by atoms with Crippen LogP contribution in [0.5, 0.6) is 0 Å². The molecule has 0 unspecified atom stereocenters. The lowest BCUT2D eigenvalue weighted by molar-refractivity contribution is 0.548. The molecule has 0 aromatic carbocycles. The van der Waals surface area contributed by atoms with Crippen LogP contribution in [-0.4, -0.2) is 28.7 Å². The minimum Gasteiger partial charge on any atom is -0.269 e. The van der Waals surface area contributed by atoms with Gasteiger partial charge in [-0.15, -0.1) is 0 Å². The summed E-state index contributed by atoms with van der Waals surface area (Å²) in [6.07, 6.45) is 1.64. The fraction of sp³-hybridized carbons (Fsp3) is 0.667. The summed E-state index contributed by atoms with van der Waals surface area (Å²) in [4.78, 5) is 0. The van der Waals surface area contributed by atoms with Crippen LogP contribution < -0.4 is 0 Å². The van der Waals surface area contributed by atoms with E-state index in [1.165, 1.54) is 0 Å². The molecule has 1 heterocycles. The van der Waals surface area contributed by atoms with E-state index in [2.05, 4.69) is 5.10 Å². The van der Waals surface area contributed by atoms with Crippen LogP contribution in [0.3, 0.4) is 0 Å². The second-order valence-electron chi connectivity index (χ2n) is 4.46. The van der Waals surface area contributed by atoms with Crippen LogP contribution in [0.4, 0.5) is 0 Å². The average Bonchev–Trinajstić information content (AvgIpc) is 2.41. The highest BCUT2D eigenvalue weighted by Gasteiger charge is 2.28. The molecule has 1 rings (SSSR count).